The fourth-order valence-electron chi connectivity index (χ4n) is 2.88. The largest absolute Gasteiger partial charge is 0.466 e. The number of aromatic nitrogens is 2. The maximum atomic E-state index is 13.1. The van der Waals surface area contributed by atoms with Crippen molar-refractivity contribution in [3.8, 4) is 0 Å². The van der Waals surface area contributed by atoms with E-state index in [1.165, 1.54) is 0 Å². The van der Waals surface area contributed by atoms with Crippen LogP contribution < -0.4 is 4.90 Å². The molecule has 140 valence electrons. The highest BCUT2D eigenvalue weighted by molar-refractivity contribution is 6.31. The molecule has 0 radical (unpaired) electrons. The number of anilines is 1. The minimum atomic E-state index is -2.74. The van der Waals surface area contributed by atoms with Gasteiger partial charge in [-0.05, 0) is 40.0 Å². The van der Waals surface area contributed by atoms with Gasteiger partial charge in [-0.15, -0.1) is 0 Å². The second-order valence-corrected chi connectivity index (χ2v) is 6.81. The summed E-state index contributed by atoms with van der Waals surface area (Å²) in [4.78, 5) is 22.5. The molecular weight excluding hydrogens is 352 g/mol. The smallest absolute Gasteiger partial charge is 0.309 e. The van der Waals surface area contributed by atoms with Gasteiger partial charge in [-0.1, -0.05) is 11.6 Å². The lowest BCUT2D eigenvalue weighted by Gasteiger charge is -2.32. The molecule has 2 heterocycles. The Bertz CT molecular complexity index is 615. The molecule has 1 saturated heterocycles. The molecule has 1 aromatic rings. The molecule has 0 saturated carbocycles. The molecule has 0 bridgehead atoms. The van der Waals surface area contributed by atoms with Crippen LogP contribution in [-0.4, -0.2) is 41.6 Å². The lowest BCUT2D eigenvalue weighted by Crippen LogP contribution is -2.37. The van der Waals surface area contributed by atoms with E-state index in [0.29, 0.717) is 49.7 Å². The lowest BCUT2D eigenvalue weighted by atomic mass is 9.97. The van der Waals surface area contributed by atoms with Crippen LogP contribution in [-0.2, 0) is 16.0 Å². The molecule has 1 aromatic heterocycles. The van der Waals surface area contributed by atoms with E-state index < -0.39 is 5.92 Å². The van der Waals surface area contributed by atoms with Gasteiger partial charge in [0.1, 0.15) is 0 Å². The van der Waals surface area contributed by atoms with Crippen LogP contribution in [0.25, 0.3) is 0 Å². The Balaban J connectivity index is 2.08. The number of rotatable bonds is 6. The summed E-state index contributed by atoms with van der Waals surface area (Å²) in [6, 6.07) is 0. The second-order valence-electron chi connectivity index (χ2n) is 6.45. The van der Waals surface area contributed by atoms with Gasteiger partial charge in [0.25, 0.3) is 0 Å². The van der Waals surface area contributed by atoms with Crippen LogP contribution in [0.4, 0.5) is 14.6 Å². The van der Waals surface area contributed by atoms with Gasteiger partial charge < -0.3 is 9.64 Å². The summed E-state index contributed by atoms with van der Waals surface area (Å²) in [6.07, 6.45) is 1.15. The van der Waals surface area contributed by atoms with Crippen molar-refractivity contribution >= 4 is 23.4 Å². The Morgan fingerprint density at radius 3 is 2.56 bits per heavy atom. The topological polar surface area (TPSA) is 55.3 Å². The van der Waals surface area contributed by atoms with Gasteiger partial charge >= 0.3 is 5.97 Å². The van der Waals surface area contributed by atoms with Gasteiger partial charge in [-0.2, -0.15) is 0 Å². The Morgan fingerprint density at radius 2 is 2.00 bits per heavy atom. The third kappa shape index (κ3) is 5.49. The van der Waals surface area contributed by atoms with E-state index in [4.69, 9.17) is 16.3 Å². The normalized spacial score (nSPS) is 16.2. The minimum absolute atomic E-state index is 0.119. The van der Waals surface area contributed by atoms with Crippen LogP contribution in [0.1, 0.15) is 44.5 Å². The molecule has 0 atom stereocenters. The van der Waals surface area contributed by atoms with Crippen molar-refractivity contribution in [1.29, 1.82) is 0 Å². The number of halogens is 3. The summed E-state index contributed by atoms with van der Waals surface area (Å²) in [6.45, 7) is 5.98. The van der Waals surface area contributed by atoms with Crippen molar-refractivity contribution in [1.82, 2.24) is 9.97 Å². The zero-order chi connectivity index (χ0) is 18.6. The van der Waals surface area contributed by atoms with Crippen LogP contribution in [0.3, 0.4) is 0 Å². The van der Waals surface area contributed by atoms with Crippen LogP contribution in [0, 0.1) is 12.8 Å². The first kappa shape index (κ1) is 19.8. The molecule has 1 fully saturated rings. The van der Waals surface area contributed by atoms with Crippen LogP contribution in [0.5, 0.6) is 0 Å². The van der Waals surface area contributed by atoms with Crippen molar-refractivity contribution in [3.05, 3.63) is 16.5 Å². The number of hydrogen-bond acceptors (Lipinski definition) is 5. The van der Waals surface area contributed by atoms with Crippen molar-refractivity contribution < 1.29 is 18.3 Å². The van der Waals surface area contributed by atoms with E-state index >= 15 is 0 Å². The molecule has 8 heteroatoms. The number of esters is 1. The van der Waals surface area contributed by atoms with E-state index in [1.807, 2.05) is 4.90 Å². The summed E-state index contributed by atoms with van der Waals surface area (Å²) in [5, 5.41) is 0.263. The standard InChI is InChI=1S/C17H24ClF2N3O2/c1-4-25-16(24)12-6-9-23(10-7-12)15-14(18)21-11(2)13(22-15)5-8-17(3,19)20/h12H,4-10H2,1-3H3. The molecule has 1 aliphatic rings. The van der Waals surface area contributed by atoms with Crippen LogP contribution in [0.15, 0.2) is 0 Å². The summed E-state index contributed by atoms with van der Waals surface area (Å²) in [5.41, 5.74) is 1.10. The number of carbonyl (C=O) groups is 1. The monoisotopic (exact) mass is 375 g/mol. The Labute approximate surface area is 151 Å². The molecule has 0 amide bonds. The molecule has 0 spiro atoms. The summed E-state index contributed by atoms with van der Waals surface area (Å²) in [5.74, 6) is -2.53. The molecule has 0 aromatic carbocycles. The first-order valence-corrected chi connectivity index (χ1v) is 8.91. The molecule has 0 aliphatic carbocycles. The fourth-order valence-corrected chi connectivity index (χ4v) is 3.17. The number of alkyl halides is 2. The molecular formula is C17H24ClF2N3O2. The summed E-state index contributed by atoms with van der Waals surface area (Å²) >= 11 is 6.22. The third-order valence-electron chi connectivity index (χ3n) is 4.32. The molecule has 1 aliphatic heterocycles. The summed E-state index contributed by atoms with van der Waals surface area (Å²) < 4.78 is 31.3. The highest BCUT2D eigenvalue weighted by atomic mass is 35.5. The van der Waals surface area contributed by atoms with E-state index in [2.05, 4.69) is 9.97 Å². The average molecular weight is 376 g/mol. The molecule has 2 rings (SSSR count). The zero-order valence-corrected chi connectivity index (χ0v) is 15.6. The van der Waals surface area contributed by atoms with E-state index in [9.17, 15) is 13.6 Å². The van der Waals surface area contributed by atoms with Gasteiger partial charge in [-0.25, -0.2) is 18.7 Å². The number of ether oxygens (including phenoxy) is 1. The number of nitrogens with zero attached hydrogens (tertiary/aromatic N) is 3. The first-order chi connectivity index (χ1) is 11.7. The number of hydrogen-bond donors (Lipinski definition) is 0. The zero-order valence-electron chi connectivity index (χ0n) is 14.8. The Morgan fingerprint density at radius 1 is 1.36 bits per heavy atom. The molecule has 5 nitrogen and oxygen atoms in total. The fraction of sp³-hybridized carbons (Fsp3) is 0.706. The first-order valence-electron chi connectivity index (χ1n) is 8.53. The van der Waals surface area contributed by atoms with Crippen molar-refractivity contribution in [2.45, 2.75) is 52.4 Å². The Kier molecular flexibility index (Phi) is 6.54. The van der Waals surface area contributed by atoms with E-state index in [0.717, 1.165) is 6.92 Å². The number of carbonyl (C=O) groups excluding carboxylic acids is 1. The van der Waals surface area contributed by atoms with Gasteiger partial charge in [0, 0.05) is 19.5 Å². The van der Waals surface area contributed by atoms with Gasteiger partial charge in [0.15, 0.2) is 11.0 Å². The van der Waals surface area contributed by atoms with Gasteiger partial charge in [0.2, 0.25) is 5.92 Å². The third-order valence-corrected chi connectivity index (χ3v) is 4.58. The van der Waals surface area contributed by atoms with Crippen LogP contribution >= 0.6 is 11.6 Å². The predicted molar refractivity (Wildman–Crippen MR) is 92.3 cm³/mol. The molecule has 0 unspecified atom stereocenters. The minimum Gasteiger partial charge on any atom is -0.466 e. The van der Waals surface area contributed by atoms with Gasteiger partial charge in [0.05, 0.1) is 23.9 Å². The number of aryl methyl sites for hydroxylation is 2. The molecule has 25 heavy (non-hydrogen) atoms. The highest BCUT2D eigenvalue weighted by Crippen LogP contribution is 2.29. The number of piperidine rings is 1. The van der Waals surface area contributed by atoms with E-state index in [1.54, 1.807) is 13.8 Å². The van der Waals surface area contributed by atoms with Gasteiger partial charge in [-0.3, -0.25) is 4.79 Å². The maximum absolute atomic E-state index is 13.1. The van der Waals surface area contributed by atoms with Crippen molar-refractivity contribution in [3.63, 3.8) is 0 Å². The lowest BCUT2D eigenvalue weighted by molar-refractivity contribution is -0.148. The predicted octanol–water partition coefficient (Wildman–Crippen LogP) is 3.81. The highest BCUT2D eigenvalue weighted by Gasteiger charge is 2.28. The van der Waals surface area contributed by atoms with E-state index in [-0.39, 0.29) is 29.9 Å². The SMILES string of the molecule is CCOC(=O)C1CCN(c2nc(CCC(C)(F)F)c(C)nc2Cl)CC1. The average Bonchev–Trinajstić information content (AvgIpc) is 2.53. The second kappa shape index (κ2) is 8.25. The summed E-state index contributed by atoms with van der Waals surface area (Å²) in [7, 11) is 0. The molecule has 0 N–H and O–H groups in total. The van der Waals surface area contributed by atoms with Crippen molar-refractivity contribution in [2.24, 2.45) is 5.92 Å². The van der Waals surface area contributed by atoms with Crippen molar-refractivity contribution in [2.75, 3.05) is 24.6 Å². The quantitative estimate of drug-likeness (QED) is 0.708. The Hall–Kier alpha value is -1.50. The maximum Gasteiger partial charge on any atom is 0.309 e. The van der Waals surface area contributed by atoms with Crippen LogP contribution in [0.2, 0.25) is 5.15 Å².